The minimum atomic E-state index is -0.834. The van der Waals surface area contributed by atoms with E-state index in [0.717, 1.165) is 35.5 Å². The number of amides is 1. The van der Waals surface area contributed by atoms with E-state index in [1.165, 1.54) is 11.0 Å². The minimum absolute atomic E-state index is 0.160. The summed E-state index contributed by atoms with van der Waals surface area (Å²) in [4.78, 5) is 23.0. The number of aryl methyl sites for hydroxylation is 2. The lowest BCUT2D eigenvalue weighted by Crippen LogP contribution is -2.30. The van der Waals surface area contributed by atoms with Crippen LogP contribution in [0.15, 0.2) is 35.1 Å². The Kier molecular flexibility index (Phi) is 5.08. The number of carbonyl (C=O) groups excluding carboxylic acids is 1. The highest BCUT2D eigenvalue weighted by molar-refractivity contribution is 5.95. The average molecular weight is 398 g/mol. The number of likely N-dealkylation sites (tertiary alicyclic amines) is 1. The molecular weight excluding hydrogens is 378 g/mol. The molecule has 6 nitrogen and oxygen atoms in total. The molecule has 0 N–H and O–H groups in total. The second-order valence-electron chi connectivity index (χ2n) is 7.30. The fraction of sp³-hybridized carbons (Fsp3) is 0.333. The first kappa shape index (κ1) is 19.2. The fourth-order valence-electron chi connectivity index (χ4n) is 3.78. The van der Waals surface area contributed by atoms with Gasteiger partial charge in [0.2, 0.25) is 0 Å². The first-order valence-corrected chi connectivity index (χ1v) is 9.41. The maximum absolute atomic E-state index is 13.9. The maximum atomic E-state index is 13.9. The van der Waals surface area contributed by atoms with Crippen LogP contribution in [-0.4, -0.2) is 39.0 Å². The van der Waals surface area contributed by atoms with Gasteiger partial charge < -0.3 is 9.42 Å². The summed E-state index contributed by atoms with van der Waals surface area (Å²) in [5.74, 6) is -1.43. The number of hydrogen-bond donors (Lipinski definition) is 0. The smallest absolute Gasteiger partial charge is 0.259 e. The van der Waals surface area contributed by atoms with E-state index in [4.69, 9.17) is 4.52 Å². The molecule has 3 heterocycles. The summed E-state index contributed by atoms with van der Waals surface area (Å²) in [6.07, 6.45) is 4.78. The molecule has 1 atom stereocenters. The molecule has 1 amide bonds. The molecule has 1 aliphatic heterocycles. The van der Waals surface area contributed by atoms with Crippen LogP contribution in [0.25, 0.3) is 11.3 Å². The predicted molar refractivity (Wildman–Crippen MR) is 101 cm³/mol. The van der Waals surface area contributed by atoms with Crippen LogP contribution in [0.3, 0.4) is 0 Å². The molecule has 1 aromatic carbocycles. The molecule has 1 aliphatic rings. The Bertz CT molecular complexity index is 1010. The predicted octanol–water partition coefficient (Wildman–Crippen LogP) is 3.73. The van der Waals surface area contributed by atoms with Gasteiger partial charge in [0.15, 0.2) is 0 Å². The third-order valence-corrected chi connectivity index (χ3v) is 5.24. The Morgan fingerprint density at radius 2 is 1.97 bits per heavy atom. The van der Waals surface area contributed by atoms with Crippen molar-refractivity contribution in [1.29, 1.82) is 0 Å². The molecule has 0 spiro atoms. The molecule has 0 saturated carbocycles. The molecular formula is C21H20F2N4O2. The van der Waals surface area contributed by atoms with Gasteiger partial charge in [-0.15, -0.1) is 0 Å². The monoisotopic (exact) mass is 398 g/mol. The van der Waals surface area contributed by atoms with Crippen molar-refractivity contribution in [3.05, 3.63) is 64.9 Å². The fourth-order valence-corrected chi connectivity index (χ4v) is 3.78. The van der Waals surface area contributed by atoms with Crippen molar-refractivity contribution >= 4 is 5.91 Å². The summed E-state index contributed by atoms with van der Waals surface area (Å²) < 4.78 is 33.0. The van der Waals surface area contributed by atoms with Gasteiger partial charge in [-0.1, -0.05) is 11.2 Å². The lowest BCUT2D eigenvalue weighted by atomic mass is 10.0. The zero-order chi connectivity index (χ0) is 20.5. The van der Waals surface area contributed by atoms with E-state index in [9.17, 15) is 13.6 Å². The normalized spacial score (nSPS) is 16.4. The van der Waals surface area contributed by atoms with Gasteiger partial charge in [0.25, 0.3) is 5.91 Å². The Balaban J connectivity index is 1.42. The molecule has 0 aliphatic carbocycles. The topological polar surface area (TPSA) is 72.1 Å². The lowest BCUT2D eigenvalue weighted by Gasteiger charge is -2.17. The number of benzene rings is 1. The minimum Gasteiger partial charge on any atom is -0.361 e. The van der Waals surface area contributed by atoms with Crippen LogP contribution in [0, 0.1) is 31.4 Å². The standard InChI is InChI=1S/C21H20F2N4O2/c1-12-19(13(2)29-26-12)18-10-24-15(9-25-18)8-14-6-7-27(11-14)21(28)20-16(22)4-3-5-17(20)23/h3-5,9-10,14H,6-8,11H2,1-2H3/t14-/m1/s1. The van der Waals surface area contributed by atoms with Crippen LogP contribution in [0.2, 0.25) is 0 Å². The molecule has 3 aromatic rings. The van der Waals surface area contributed by atoms with Crippen LogP contribution in [0.5, 0.6) is 0 Å². The lowest BCUT2D eigenvalue weighted by molar-refractivity contribution is 0.0777. The van der Waals surface area contributed by atoms with Crippen molar-refractivity contribution in [2.24, 2.45) is 5.92 Å². The van der Waals surface area contributed by atoms with Gasteiger partial charge in [0.05, 0.1) is 28.8 Å². The van der Waals surface area contributed by atoms with E-state index < -0.39 is 23.1 Å². The van der Waals surface area contributed by atoms with E-state index in [2.05, 4.69) is 15.1 Å². The zero-order valence-corrected chi connectivity index (χ0v) is 16.2. The van der Waals surface area contributed by atoms with Crippen molar-refractivity contribution in [2.45, 2.75) is 26.7 Å². The molecule has 2 aromatic heterocycles. The quantitative estimate of drug-likeness (QED) is 0.670. The van der Waals surface area contributed by atoms with Gasteiger partial charge in [0, 0.05) is 19.3 Å². The van der Waals surface area contributed by atoms with Gasteiger partial charge in [-0.2, -0.15) is 0 Å². The van der Waals surface area contributed by atoms with E-state index in [0.29, 0.717) is 31.0 Å². The van der Waals surface area contributed by atoms with E-state index in [1.54, 1.807) is 12.4 Å². The van der Waals surface area contributed by atoms with Crippen LogP contribution in [-0.2, 0) is 6.42 Å². The average Bonchev–Trinajstić information content (AvgIpc) is 3.29. The molecule has 0 radical (unpaired) electrons. The van der Waals surface area contributed by atoms with Crippen molar-refractivity contribution in [3.63, 3.8) is 0 Å². The highest BCUT2D eigenvalue weighted by atomic mass is 19.1. The number of aromatic nitrogens is 3. The van der Waals surface area contributed by atoms with Gasteiger partial charge >= 0.3 is 0 Å². The molecule has 4 rings (SSSR count). The number of hydrogen-bond acceptors (Lipinski definition) is 5. The van der Waals surface area contributed by atoms with Gasteiger partial charge in [0.1, 0.15) is 23.0 Å². The highest BCUT2D eigenvalue weighted by Crippen LogP contribution is 2.26. The molecule has 0 unspecified atom stereocenters. The number of halogens is 2. The third-order valence-electron chi connectivity index (χ3n) is 5.24. The van der Waals surface area contributed by atoms with Gasteiger partial charge in [-0.3, -0.25) is 14.8 Å². The van der Waals surface area contributed by atoms with Crippen LogP contribution in [0.1, 0.15) is 33.9 Å². The van der Waals surface area contributed by atoms with Crippen LogP contribution >= 0.6 is 0 Å². The van der Waals surface area contributed by atoms with Crippen LogP contribution in [0.4, 0.5) is 8.78 Å². The Morgan fingerprint density at radius 3 is 2.59 bits per heavy atom. The van der Waals surface area contributed by atoms with Crippen molar-refractivity contribution in [2.75, 3.05) is 13.1 Å². The summed E-state index contributed by atoms with van der Waals surface area (Å²) >= 11 is 0. The van der Waals surface area contributed by atoms with Crippen LogP contribution < -0.4 is 0 Å². The van der Waals surface area contributed by atoms with Crippen molar-refractivity contribution in [1.82, 2.24) is 20.0 Å². The summed E-state index contributed by atoms with van der Waals surface area (Å²) in [7, 11) is 0. The summed E-state index contributed by atoms with van der Waals surface area (Å²) in [6.45, 7) is 4.57. The highest BCUT2D eigenvalue weighted by Gasteiger charge is 2.30. The van der Waals surface area contributed by atoms with E-state index in [1.807, 2.05) is 13.8 Å². The van der Waals surface area contributed by atoms with Gasteiger partial charge in [-0.25, -0.2) is 8.78 Å². The summed E-state index contributed by atoms with van der Waals surface area (Å²) in [6, 6.07) is 3.44. The van der Waals surface area contributed by atoms with Gasteiger partial charge in [-0.05, 0) is 44.7 Å². The summed E-state index contributed by atoms with van der Waals surface area (Å²) in [5, 5.41) is 3.93. The third kappa shape index (κ3) is 3.74. The zero-order valence-electron chi connectivity index (χ0n) is 16.2. The molecule has 0 bridgehead atoms. The second-order valence-corrected chi connectivity index (χ2v) is 7.30. The SMILES string of the molecule is Cc1noc(C)c1-c1cnc(C[C@H]2CCN(C(=O)c3c(F)cccc3F)C2)cn1. The van der Waals surface area contributed by atoms with E-state index in [-0.39, 0.29) is 5.92 Å². The Labute approximate surface area is 166 Å². The molecule has 8 heteroatoms. The number of carbonyl (C=O) groups is 1. The molecule has 1 saturated heterocycles. The first-order valence-electron chi connectivity index (χ1n) is 9.41. The van der Waals surface area contributed by atoms with Crippen molar-refractivity contribution < 1.29 is 18.1 Å². The number of rotatable bonds is 4. The first-order chi connectivity index (χ1) is 13.9. The van der Waals surface area contributed by atoms with E-state index >= 15 is 0 Å². The largest absolute Gasteiger partial charge is 0.361 e. The second kappa shape index (κ2) is 7.69. The number of nitrogens with zero attached hydrogens (tertiary/aromatic N) is 4. The Hall–Kier alpha value is -3.16. The molecule has 1 fully saturated rings. The summed E-state index contributed by atoms with van der Waals surface area (Å²) in [5.41, 5.74) is 2.61. The Morgan fingerprint density at radius 1 is 1.21 bits per heavy atom. The van der Waals surface area contributed by atoms with Crippen molar-refractivity contribution in [3.8, 4) is 11.3 Å². The maximum Gasteiger partial charge on any atom is 0.259 e. The molecule has 29 heavy (non-hydrogen) atoms. The molecule has 150 valence electrons.